The molecule has 2 atom stereocenters. The zero-order chi connectivity index (χ0) is 11.4. The summed E-state index contributed by atoms with van der Waals surface area (Å²) in [5.41, 5.74) is 0. The Hall–Kier alpha value is -1.08. The fourth-order valence-electron chi connectivity index (χ4n) is 2.04. The first-order valence-electron chi connectivity index (χ1n) is 5.41. The Bertz CT molecular complexity index is 269. The molecule has 0 N–H and O–H groups in total. The SMILES string of the molecule is CC(C#N)C(=O)N1CCCC1CN(C)C. The summed E-state index contributed by atoms with van der Waals surface area (Å²) < 4.78 is 0. The normalized spacial score (nSPS) is 22.9. The highest BCUT2D eigenvalue weighted by Gasteiger charge is 2.31. The van der Waals surface area contributed by atoms with Gasteiger partial charge in [0.15, 0.2) is 0 Å². The zero-order valence-electron chi connectivity index (χ0n) is 9.73. The van der Waals surface area contributed by atoms with Gasteiger partial charge in [0.2, 0.25) is 5.91 Å². The topological polar surface area (TPSA) is 47.3 Å². The summed E-state index contributed by atoms with van der Waals surface area (Å²) in [6.07, 6.45) is 2.12. The fourth-order valence-corrected chi connectivity index (χ4v) is 2.04. The number of hydrogen-bond donors (Lipinski definition) is 0. The Balaban J connectivity index is 2.60. The van der Waals surface area contributed by atoms with E-state index in [1.54, 1.807) is 6.92 Å². The van der Waals surface area contributed by atoms with Crippen LogP contribution in [0, 0.1) is 17.2 Å². The Morgan fingerprint density at radius 1 is 1.67 bits per heavy atom. The number of rotatable bonds is 3. The lowest BCUT2D eigenvalue weighted by atomic mass is 10.1. The highest BCUT2D eigenvalue weighted by molar-refractivity contribution is 5.81. The third kappa shape index (κ3) is 2.93. The van der Waals surface area contributed by atoms with Crippen molar-refractivity contribution in [3.05, 3.63) is 0 Å². The minimum absolute atomic E-state index is 0.0122. The first-order chi connectivity index (χ1) is 7.06. The zero-order valence-corrected chi connectivity index (χ0v) is 9.73. The molecule has 4 nitrogen and oxygen atoms in total. The van der Waals surface area contributed by atoms with Gasteiger partial charge in [-0.25, -0.2) is 0 Å². The molecule has 2 unspecified atom stereocenters. The molecular weight excluding hydrogens is 190 g/mol. The first-order valence-corrected chi connectivity index (χ1v) is 5.41. The molecule has 0 aromatic heterocycles. The van der Waals surface area contributed by atoms with Crippen LogP contribution in [0.15, 0.2) is 0 Å². The molecule has 1 rings (SSSR count). The summed E-state index contributed by atoms with van der Waals surface area (Å²) in [4.78, 5) is 15.8. The predicted octanol–water partition coefficient (Wildman–Crippen LogP) is 0.699. The molecule has 1 aliphatic heterocycles. The molecule has 15 heavy (non-hydrogen) atoms. The molecule has 1 amide bonds. The maximum atomic E-state index is 11.9. The second-order valence-corrected chi connectivity index (χ2v) is 4.44. The number of likely N-dealkylation sites (tertiary alicyclic amines) is 1. The van der Waals surface area contributed by atoms with Crippen LogP contribution in [0.4, 0.5) is 0 Å². The van der Waals surface area contributed by atoms with Crippen molar-refractivity contribution < 1.29 is 4.79 Å². The molecule has 4 heteroatoms. The number of likely N-dealkylation sites (N-methyl/N-ethyl adjacent to an activating group) is 1. The molecule has 84 valence electrons. The van der Waals surface area contributed by atoms with Crippen LogP contribution in [0.2, 0.25) is 0 Å². The lowest BCUT2D eigenvalue weighted by molar-refractivity contribution is -0.134. The van der Waals surface area contributed by atoms with Gasteiger partial charge < -0.3 is 9.80 Å². The Labute approximate surface area is 91.5 Å². The molecule has 0 aromatic rings. The van der Waals surface area contributed by atoms with E-state index in [0.29, 0.717) is 6.04 Å². The summed E-state index contributed by atoms with van der Waals surface area (Å²) in [5, 5.41) is 8.73. The van der Waals surface area contributed by atoms with Gasteiger partial charge in [0.1, 0.15) is 5.92 Å². The number of nitrogens with zero attached hydrogens (tertiary/aromatic N) is 3. The van der Waals surface area contributed by atoms with Gasteiger partial charge in [-0.2, -0.15) is 5.26 Å². The maximum absolute atomic E-state index is 11.9. The largest absolute Gasteiger partial charge is 0.337 e. The number of carbonyl (C=O) groups is 1. The van der Waals surface area contributed by atoms with E-state index in [9.17, 15) is 4.79 Å². The first kappa shape index (κ1) is 12.0. The number of amides is 1. The summed E-state index contributed by atoms with van der Waals surface area (Å²) in [7, 11) is 4.02. The standard InChI is InChI=1S/C11H19N3O/c1-9(7-12)11(15)14-6-4-5-10(14)8-13(2)3/h9-10H,4-6,8H2,1-3H3. The van der Waals surface area contributed by atoms with Gasteiger partial charge in [0, 0.05) is 19.1 Å². The molecule has 0 aromatic carbocycles. The van der Waals surface area contributed by atoms with Crippen molar-refractivity contribution in [3.63, 3.8) is 0 Å². The van der Waals surface area contributed by atoms with Crippen LogP contribution < -0.4 is 0 Å². The third-order valence-corrected chi connectivity index (χ3v) is 2.80. The summed E-state index contributed by atoms with van der Waals surface area (Å²) in [6, 6.07) is 2.31. The van der Waals surface area contributed by atoms with Gasteiger partial charge in [-0.1, -0.05) is 0 Å². The highest BCUT2D eigenvalue weighted by Crippen LogP contribution is 2.19. The van der Waals surface area contributed by atoms with E-state index >= 15 is 0 Å². The molecule has 0 saturated carbocycles. The minimum atomic E-state index is -0.507. The van der Waals surface area contributed by atoms with E-state index in [2.05, 4.69) is 4.90 Å². The van der Waals surface area contributed by atoms with E-state index < -0.39 is 5.92 Å². The van der Waals surface area contributed by atoms with Crippen LogP contribution in [-0.2, 0) is 4.79 Å². The van der Waals surface area contributed by atoms with Crippen LogP contribution >= 0.6 is 0 Å². The highest BCUT2D eigenvalue weighted by atomic mass is 16.2. The maximum Gasteiger partial charge on any atom is 0.239 e. The van der Waals surface area contributed by atoms with Crippen LogP contribution in [0.3, 0.4) is 0 Å². The smallest absolute Gasteiger partial charge is 0.239 e. The summed E-state index contributed by atoms with van der Waals surface area (Å²) in [6.45, 7) is 3.38. The van der Waals surface area contributed by atoms with Crippen LogP contribution in [0.1, 0.15) is 19.8 Å². The monoisotopic (exact) mass is 209 g/mol. The van der Waals surface area contributed by atoms with Gasteiger partial charge in [-0.05, 0) is 33.9 Å². The predicted molar refractivity (Wildman–Crippen MR) is 58.1 cm³/mol. The fraction of sp³-hybridized carbons (Fsp3) is 0.818. The molecular formula is C11H19N3O. The quantitative estimate of drug-likeness (QED) is 0.687. The average molecular weight is 209 g/mol. The molecule has 1 aliphatic rings. The van der Waals surface area contributed by atoms with Crippen molar-refractivity contribution in [2.75, 3.05) is 27.2 Å². The second kappa shape index (κ2) is 5.13. The lowest BCUT2D eigenvalue weighted by Crippen LogP contribution is -2.43. The van der Waals surface area contributed by atoms with Crippen LogP contribution in [-0.4, -0.2) is 48.9 Å². The van der Waals surface area contributed by atoms with Crippen LogP contribution in [0.5, 0.6) is 0 Å². The number of nitriles is 1. The van der Waals surface area contributed by atoms with E-state index in [-0.39, 0.29) is 5.91 Å². The molecule has 1 heterocycles. The van der Waals surface area contributed by atoms with E-state index in [4.69, 9.17) is 5.26 Å². The van der Waals surface area contributed by atoms with E-state index in [1.165, 1.54) is 0 Å². The van der Waals surface area contributed by atoms with Crippen molar-refractivity contribution in [1.29, 1.82) is 5.26 Å². The van der Waals surface area contributed by atoms with E-state index in [0.717, 1.165) is 25.9 Å². The van der Waals surface area contributed by atoms with Crippen molar-refractivity contribution >= 4 is 5.91 Å². The molecule has 0 spiro atoms. The molecule has 0 bridgehead atoms. The minimum Gasteiger partial charge on any atom is -0.337 e. The average Bonchev–Trinajstić information content (AvgIpc) is 2.62. The lowest BCUT2D eigenvalue weighted by Gasteiger charge is -2.27. The second-order valence-electron chi connectivity index (χ2n) is 4.44. The number of carbonyl (C=O) groups excluding carboxylic acids is 1. The van der Waals surface area contributed by atoms with Crippen molar-refractivity contribution in [3.8, 4) is 6.07 Å². The molecule has 0 radical (unpaired) electrons. The van der Waals surface area contributed by atoms with Gasteiger partial charge in [-0.3, -0.25) is 4.79 Å². The Kier molecular flexibility index (Phi) is 4.10. The van der Waals surface area contributed by atoms with Gasteiger partial charge in [0.25, 0.3) is 0 Å². The number of hydrogen-bond acceptors (Lipinski definition) is 3. The van der Waals surface area contributed by atoms with Gasteiger partial charge in [0.05, 0.1) is 6.07 Å². The van der Waals surface area contributed by atoms with Crippen LogP contribution in [0.25, 0.3) is 0 Å². The molecule has 0 aliphatic carbocycles. The Morgan fingerprint density at radius 3 is 2.87 bits per heavy atom. The van der Waals surface area contributed by atoms with Crippen molar-refractivity contribution in [2.24, 2.45) is 5.92 Å². The molecule has 1 saturated heterocycles. The summed E-state index contributed by atoms with van der Waals surface area (Å²) in [5.74, 6) is -0.519. The summed E-state index contributed by atoms with van der Waals surface area (Å²) >= 11 is 0. The van der Waals surface area contributed by atoms with Crippen molar-refractivity contribution in [2.45, 2.75) is 25.8 Å². The third-order valence-electron chi connectivity index (χ3n) is 2.80. The van der Waals surface area contributed by atoms with Crippen molar-refractivity contribution in [1.82, 2.24) is 9.80 Å². The molecule has 1 fully saturated rings. The van der Waals surface area contributed by atoms with Gasteiger partial charge >= 0.3 is 0 Å². The van der Waals surface area contributed by atoms with Gasteiger partial charge in [-0.15, -0.1) is 0 Å². The van der Waals surface area contributed by atoms with E-state index in [1.807, 2.05) is 25.1 Å². The Morgan fingerprint density at radius 2 is 2.33 bits per heavy atom.